The highest BCUT2D eigenvalue weighted by atomic mass is 16.5. The molecule has 2 aromatic rings. The van der Waals surface area contributed by atoms with Gasteiger partial charge in [-0.05, 0) is 54.0 Å². The van der Waals surface area contributed by atoms with Gasteiger partial charge < -0.3 is 18.9 Å². The van der Waals surface area contributed by atoms with E-state index in [1.165, 1.54) is 12.2 Å². The Bertz CT molecular complexity index is 941. The van der Waals surface area contributed by atoms with Crippen LogP contribution in [0, 0.1) is 5.92 Å². The zero-order valence-electron chi connectivity index (χ0n) is 18.8. The third kappa shape index (κ3) is 6.35. The van der Waals surface area contributed by atoms with Gasteiger partial charge in [0.05, 0.1) is 34.4 Å². The molecule has 0 heterocycles. The van der Waals surface area contributed by atoms with Gasteiger partial charge in [-0.25, -0.2) is 0 Å². The first-order chi connectivity index (χ1) is 15.5. The fourth-order valence-electron chi connectivity index (χ4n) is 3.04. The topological polar surface area (TPSA) is 71.1 Å². The molecule has 6 heteroatoms. The maximum absolute atomic E-state index is 12.7. The molecule has 0 aliphatic carbocycles. The van der Waals surface area contributed by atoms with Crippen molar-refractivity contribution in [3.05, 3.63) is 72.3 Å². The average Bonchev–Trinajstić information content (AvgIpc) is 2.83. The summed E-state index contributed by atoms with van der Waals surface area (Å²) in [6.07, 6.45) is 7.89. The fraction of sp³-hybridized carbons (Fsp3) is 0.231. The van der Waals surface area contributed by atoms with E-state index in [2.05, 4.69) is 6.58 Å². The van der Waals surface area contributed by atoms with Crippen molar-refractivity contribution >= 4 is 23.7 Å². The van der Waals surface area contributed by atoms with Crippen molar-refractivity contribution in [3.63, 3.8) is 0 Å². The summed E-state index contributed by atoms with van der Waals surface area (Å²) in [5, 5.41) is 0. The minimum atomic E-state index is -0.847. The smallest absolute Gasteiger partial charge is 0.166 e. The van der Waals surface area contributed by atoms with Gasteiger partial charge in [0.2, 0.25) is 0 Å². The SMILES string of the molecule is C=CCC(C(=O)C=Cc1ccc(OC)c(OC)c1)C(=O)C=Cc1ccc(OC)c(OC)c1. The van der Waals surface area contributed by atoms with Crippen LogP contribution in [0.4, 0.5) is 0 Å². The Labute approximate surface area is 188 Å². The highest BCUT2D eigenvalue weighted by Crippen LogP contribution is 2.29. The number of methoxy groups -OCH3 is 4. The van der Waals surface area contributed by atoms with Crippen LogP contribution in [0.2, 0.25) is 0 Å². The van der Waals surface area contributed by atoms with Crippen LogP contribution in [0.15, 0.2) is 61.2 Å². The predicted molar refractivity (Wildman–Crippen MR) is 125 cm³/mol. The first kappa shape index (κ1) is 24.5. The lowest BCUT2D eigenvalue weighted by Crippen LogP contribution is -2.20. The third-order valence-electron chi connectivity index (χ3n) is 4.78. The monoisotopic (exact) mass is 436 g/mol. The standard InChI is InChI=1S/C26H28O6/c1-6-7-20(21(27)12-8-18-10-14-23(29-2)25(16-18)31-4)22(28)13-9-19-11-15-24(30-3)26(17-19)32-5/h6,8-17,20H,1,7H2,2-5H3. The average molecular weight is 437 g/mol. The summed E-state index contributed by atoms with van der Waals surface area (Å²) < 4.78 is 21.0. The molecule has 0 bridgehead atoms. The van der Waals surface area contributed by atoms with Gasteiger partial charge in [0.1, 0.15) is 0 Å². The van der Waals surface area contributed by atoms with E-state index >= 15 is 0 Å². The van der Waals surface area contributed by atoms with Crippen molar-refractivity contribution in [1.29, 1.82) is 0 Å². The van der Waals surface area contributed by atoms with Crippen LogP contribution in [-0.4, -0.2) is 40.0 Å². The molecule has 0 radical (unpaired) electrons. The summed E-state index contributed by atoms with van der Waals surface area (Å²) in [6, 6.07) is 10.6. The van der Waals surface area contributed by atoms with Crippen LogP contribution in [0.1, 0.15) is 17.5 Å². The third-order valence-corrected chi connectivity index (χ3v) is 4.78. The largest absolute Gasteiger partial charge is 0.493 e. The van der Waals surface area contributed by atoms with Gasteiger partial charge in [0.15, 0.2) is 34.6 Å². The van der Waals surface area contributed by atoms with Crippen molar-refractivity contribution < 1.29 is 28.5 Å². The Morgan fingerprint density at radius 3 is 1.50 bits per heavy atom. The highest BCUT2D eigenvalue weighted by molar-refractivity contribution is 6.13. The van der Waals surface area contributed by atoms with Crippen molar-refractivity contribution in [3.8, 4) is 23.0 Å². The lowest BCUT2D eigenvalue weighted by atomic mass is 9.93. The molecule has 6 nitrogen and oxygen atoms in total. The van der Waals surface area contributed by atoms with Crippen molar-refractivity contribution in [2.24, 2.45) is 5.92 Å². The number of hydrogen-bond donors (Lipinski definition) is 0. The lowest BCUT2D eigenvalue weighted by Gasteiger charge is -2.09. The molecular formula is C26H28O6. The van der Waals surface area contributed by atoms with Gasteiger partial charge in [0.25, 0.3) is 0 Å². The number of carbonyl (C=O) groups is 2. The lowest BCUT2D eigenvalue weighted by molar-refractivity contribution is -0.127. The number of carbonyl (C=O) groups excluding carboxylic acids is 2. The summed E-state index contributed by atoms with van der Waals surface area (Å²) in [5.74, 6) is 0.841. The van der Waals surface area contributed by atoms with Crippen LogP contribution < -0.4 is 18.9 Å². The molecule has 0 N–H and O–H groups in total. The fourth-order valence-corrected chi connectivity index (χ4v) is 3.04. The molecule has 0 aromatic heterocycles. The Balaban J connectivity index is 2.17. The van der Waals surface area contributed by atoms with Gasteiger partial charge in [-0.1, -0.05) is 30.4 Å². The molecule has 0 saturated heterocycles. The van der Waals surface area contributed by atoms with Gasteiger partial charge in [-0.2, -0.15) is 0 Å². The molecule has 2 rings (SSSR count). The van der Waals surface area contributed by atoms with Gasteiger partial charge in [0, 0.05) is 0 Å². The van der Waals surface area contributed by atoms with Gasteiger partial charge >= 0.3 is 0 Å². The number of hydrogen-bond acceptors (Lipinski definition) is 6. The molecule has 0 aliphatic heterocycles. The van der Waals surface area contributed by atoms with Crippen LogP contribution >= 0.6 is 0 Å². The highest BCUT2D eigenvalue weighted by Gasteiger charge is 2.21. The van der Waals surface area contributed by atoms with E-state index in [4.69, 9.17) is 18.9 Å². The zero-order valence-corrected chi connectivity index (χ0v) is 18.8. The van der Waals surface area contributed by atoms with Crippen LogP contribution in [-0.2, 0) is 9.59 Å². The normalized spacial score (nSPS) is 11.9. The van der Waals surface area contributed by atoms with Crippen molar-refractivity contribution in [2.45, 2.75) is 6.42 Å². The summed E-state index contributed by atoms with van der Waals surface area (Å²) in [5.41, 5.74) is 1.50. The quantitative estimate of drug-likeness (QED) is 0.271. The van der Waals surface area contributed by atoms with E-state index in [9.17, 15) is 9.59 Å². The van der Waals surface area contributed by atoms with Crippen LogP contribution in [0.5, 0.6) is 23.0 Å². The number of benzene rings is 2. The maximum atomic E-state index is 12.7. The summed E-state index contributed by atoms with van der Waals surface area (Å²) in [6.45, 7) is 3.67. The minimum absolute atomic E-state index is 0.240. The number of ketones is 2. The summed E-state index contributed by atoms with van der Waals surface area (Å²) in [7, 11) is 6.19. The first-order valence-electron chi connectivity index (χ1n) is 9.96. The van der Waals surface area contributed by atoms with Gasteiger partial charge in [-0.3, -0.25) is 9.59 Å². The van der Waals surface area contributed by atoms with Crippen LogP contribution in [0.3, 0.4) is 0 Å². The Morgan fingerprint density at radius 1 is 0.750 bits per heavy atom. The predicted octanol–water partition coefficient (Wildman–Crippen LogP) is 4.78. The Hall–Kier alpha value is -3.80. The second kappa shape index (κ2) is 12.2. The Morgan fingerprint density at radius 2 is 1.16 bits per heavy atom. The van der Waals surface area contributed by atoms with E-state index in [0.29, 0.717) is 23.0 Å². The number of rotatable bonds is 12. The van der Waals surface area contributed by atoms with E-state index < -0.39 is 5.92 Å². The molecule has 0 spiro atoms. The molecule has 0 unspecified atom stereocenters. The molecule has 2 aromatic carbocycles. The molecule has 0 atom stereocenters. The minimum Gasteiger partial charge on any atom is -0.493 e. The first-order valence-corrected chi connectivity index (χ1v) is 9.96. The summed E-state index contributed by atoms with van der Waals surface area (Å²) in [4.78, 5) is 25.5. The van der Waals surface area contributed by atoms with Crippen molar-refractivity contribution in [1.82, 2.24) is 0 Å². The molecule has 0 saturated carbocycles. The second-order valence-corrected chi connectivity index (χ2v) is 6.78. The van der Waals surface area contributed by atoms with Crippen LogP contribution in [0.25, 0.3) is 12.2 Å². The summed E-state index contributed by atoms with van der Waals surface area (Å²) >= 11 is 0. The van der Waals surface area contributed by atoms with Gasteiger partial charge in [-0.15, -0.1) is 6.58 Å². The molecule has 0 aliphatic rings. The van der Waals surface area contributed by atoms with E-state index in [-0.39, 0.29) is 18.0 Å². The number of allylic oxidation sites excluding steroid dienone is 3. The zero-order chi connectivity index (χ0) is 23.5. The van der Waals surface area contributed by atoms with E-state index in [1.54, 1.807) is 83.1 Å². The maximum Gasteiger partial charge on any atom is 0.166 e. The molecule has 0 fully saturated rings. The van der Waals surface area contributed by atoms with Crippen molar-refractivity contribution in [2.75, 3.05) is 28.4 Å². The number of ether oxygens (including phenoxy) is 4. The van der Waals surface area contributed by atoms with E-state index in [0.717, 1.165) is 11.1 Å². The molecule has 168 valence electrons. The Kier molecular flexibility index (Phi) is 9.29. The van der Waals surface area contributed by atoms with E-state index in [1.807, 2.05) is 0 Å². The second-order valence-electron chi connectivity index (χ2n) is 6.78. The molecule has 32 heavy (non-hydrogen) atoms. The molecular weight excluding hydrogens is 408 g/mol. The molecule has 0 amide bonds.